The van der Waals surface area contributed by atoms with Crippen LogP contribution in [0, 0.1) is 0 Å². The molecule has 2 N–H and O–H groups in total. The first-order chi connectivity index (χ1) is 8.83. The van der Waals surface area contributed by atoms with Crippen molar-refractivity contribution in [2.24, 2.45) is 0 Å². The topological polar surface area (TPSA) is 97.1 Å². The number of aromatic nitrogens is 5. The maximum absolute atomic E-state index is 11.5. The summed E-state index contributed by atoms with van der Waals surface area (Å²) in [4.78, 5) is 15.5. The van der Waals surface area contributed by atoms with Crippen LogP contribution >= 0.6 is 0 Å². The largest absolute Gasteiger partial charge is 0.368 e. The standard InChI is InChI=1S/C10H13N7O/c18-10(13-7-1-2-7)3-4-12-8-5-11-6-9-14-15-16-17(8)9/h5-7,12H,1-4H2,(H,13,18). The van der Waals surface area contributed by atoms with Crippen molar-refractivity contribution in [1.29, 1.82) is 0 Å². The van der Waals surface area contributed by atoms with Gasteiger partial charge in [-0.25, -0.2) is 0 Å². The van der Waals surface area contributed by atoms with Gasteiger partial charge in [0.15, 0.2) is 5.65 Å². The second kappa shape index (κ2) is 4.55. The Morgan fingerprint density at radius 1 is 1.44 bits per heavy atom. The molecule has 2 aromatic rings. The highest BCUT2D eigenvalue weighted by atomic mass is 16.1. The molecule has 2 aromatic heterocycles. The number of carbonyl (C=O) groups excluding carboxylic acids is 1. The van der Waals surface area contributed by atoms with E-state index in [2.05, 4.69) is 31.1 Å². The van der Waals surface area contributed by atoms with Gasteiger partial charge in [-0.1, -0.05) is 0 Å². The lowest BCUT2D eigenvalue weighted by Crippen LogP contribution is -2.27. The molecule has 1 aliphatic rings. The lowest BCUT2D eigenvalue weighted by molar-refractivity contribution is -0.120. The smallest absolute Gasteiger partial charge is 0.221 e. The van der Waals surface area contributed by atoms with Gasteiger partial charge in [0.2, 0.25) is 5.91 Å². The molecule has 18 heavy (non-hydrogen) atoms. The third-order valence-electron chi connectivity index (χ3n) is 2.71. The molecule has 0 aliphatic heterocycles. The maximum atomic E-state index is 11.5. The average molecular weight is 247 g/mol. The predicted molar refractivity (Wildman–Crippen MR) is 62.8 cm³/mol. The van der Waals surface area contributed by atoms with Gasteiger partial charge in [-0.3, -0.25) is 9.78 Å². The first kappa shape index (κ1) is 10.9. The van der Waals surface area contributed by atoms with Crippen LogP contribution in [0.25, 0.3) is 5.65 Å². The van der Waals surface area contributed by atoms with Crippen LogP contribution in [0.4, 0.5) is 5.82 Å². The fourth-order valence-electron chi connectivity index (χ4n) is 1.63. The predicted octanol–water partition coefficient (Wildman–Crippen LogP) is -0.400. The molecule has 2 heterocycles. The van der Waals surface area contributed by atoms with Crippen LogP contribution < -0.4 is 10.6 Å². The third-order valence-corrected chi connectivity index (χ3v) is 2.71. The van der Waals surface area contributed by atoms with E-state index in [-0.39, 0.29) is 5.91 Å². The van der Waals surface area contributed by atoms with Crippen LogP contribution in [-0.2, 0) is 4.79 Å². The molecular weight excluding hydrogens is 234 g/mol. The minimum Gasteiger partial charge on any atom is -0.368 e. The second-order valence-electron chi connectivity index (χ2n) is 4.26. The molecule has 0 radical (unpaired) electrons. The van der Waals surface area contributed by atoms with Crippen molar-refractivity contribution in [2.45, 2.75) is 25.3 Å². The van der Waals surface area contributed by atoms with Crippen LogP contribution in [0.1, 0.15) is 19.3 Å². The molecule has 0 aromatic carbocycles. The van der Waals surface area contributed by atoms with Gasteiger partial charge in [0.1, 0.15) is 5.82 Å². The third kappa shape index (κ3) is 2.36. The molecule has 1 aliphatic carbocycles. The zero-order chi connectivity index (χ0) is 12.4. The van der Waals surface area contributed by atoms with Crippen molar-refractivity contribution < 1.29 is 4.79 Å². The van der Waals surface area contributed by atoms with E-state index >= 15 is 0 Å². The Morgan fingerprint density at radius 3 is 3.17 bits per heavy atom. The van der Waals surface area contributed by atoms with Crippen molar-refractivity contribution in [2.75, 3.05) is 11.9 Å². The number of tetrazole rings is 1. The summed E-state index contributed by atoms with van der Waals surface area (Å²) in [6.45, 7) is 0.527. The Labute approximate surface area is 103 Å². The molecule has 0 atom stereocenters. The van der Waals surface area contributed by atoms with E-state index in [9.17, 15) is 4.79 Å². The molecule has 1 saturated carbocycles. The number of carbonyl (C=O) groups is 1. The molecule has 0 spiro atoms. The van der Waals surface area contributed by atoms with Crippen molar-refractivity contribution in [3.8, 4) is 0 Å². The highest BCUT2D eigenvalue weighted by molar-refractivity contribution is 5.77. The van der Waals surface area contributed by atoms with E-state index in [0.717, 1.165) is 12.8 Å². The fourth-order valence-corrected chi connectivity index (χ4v) is 1.63. The number of fused-ring (bicyclic) bond motifs is 1. The Balaban J connectivity index is 1.55. The maximum Gasteiger partial charge on any atom is 0.221 e. The van der Waals surface area contributed by atoms with Crippen LogP contribution in [0.15, 0.2) is 12.4 Å². The lowest BCUT2D eigenvalue weighted by Gasteiger charge is -2.06. The fraction of sp³-hybridized carbons (Fsp3) is 0.500. The first-order valence-corrected chi connectivity index (χ1v) is 5.88. The molecule has 0 unspecified atom stereocenters. The normalized spacial score (nSPS) is 14.7. The number of rotatable bonds is 5. The summed E-state index contributed by atoms with van der Waals surface area (Å²) in [7, 11) is 0. The van der Waals surface area contributed by atoms with Gasteiger partial charge in [-0.05, 0) is 23.3 Å². The number of nitrogens with one attached hydrogen (secondary N) is 2. The first-order valence-electron chi connectivity index (χ1n) is 5.88. The molecule has 0 saturated heterocycles. The van der Waals surface area contributed by atoms with E-state index in [0.29, 0.717) is 30.5 Å². The molecule has 0 bridgehead atoms. The number of hydrogen-bond donors (Lipinski definition) is 2. The van der Waals surface area contributed by atoms with E-state index in [1.165, 1.54) is 0 Å². The van der Waals surface area contributed by atoms with Gasteiger partial charge in [-0.2, -0.15) is 4.52 Å². The summed E-state index contributed by atoms with van der Waals surface area (Å²) >= 11 is 0. The summed E-state index contributed by atoms with van der Waals surface area (Å²) in [5, 5.41) is 17.2. The van der Waals surface area contributed by atoms with Gasteiger partial charge >= 0.3 is 0 Å². The van der Waals surface area contributed by atoms with Gasteiger partial charge in [-0.15, -0.1) is 5.10 Å². The van der Waals surface area contributed by atoms with Gasteiger partial charge in [0, 0.05) is 19.0 Å². The van der Waals surface area contributed by atoms with Crippen molar-refractivity contribution >= 4 is 17.4 Å². The summed E-state index contributed by atoms with van der Waals surface area (Å²) in [6, 6.07) is 0.405. The molecule has 1 amide bonds. The van der Waals surface area contributed by atoms with E-state index < -0.39 is 0 Å². The zero-order valence-corrected chi connectivity index (χ0v) is 9.70. The van der Waals surface area contributed by atoms with Crippen LogP contribution in [0.2, 0.25) is 0 Å². The number of hydrogen-bond acceptors (Lipinski definition) is 6. The van der Waals surface area contributed by atoms with Crippen LogP contribution in [-0.4, -0.2) is 43.5 Å². The van der Waals surface area contributed by atoms with E-state index in [1.54, 1.807) is 16.9 Å². The van der Waals surface area contributed by atoms with E-state index in [1.807, 2.05) is 0 Å². The summed E-state index contributed by atoms with van der Waals surface area (Å²) in [6.07, 6.45) is 5.84. The van der Waals surface area contributed by atoms with Crippen LogP contribution in [0.5, 0.6) is 0 Å². The highest BCUT2D eigenvalue weighted by Crippen LogP contribution is 2.18. The molecule has 8 heteroatoms. The van der Waals surface area contributed by atoms with Crippen molar-refractivity contribution in [3.63, 3.8) is 0 Å². The monoisotopic (exact) mass is 247 g/mol. The van der Waals surface area contributed by atoms with Crippen molar-refractivity contribution in [3.05, 3.63) is 12.4 Å². The summed E-state index contributed by atoms with van der Waals surface area (Å²) in [5.74, 6) is 0.749. The number of amides is 1. The highest BCUT2D eigenvalue weighted by Gasteiger charge is 2.22. The summed E-state index contributed by atoms with van der Waals surface area (Å²) in [5.41, 5.74) is 0.572. The summed E-state index contributed by atoms with van der Waals surface area (Å²) < 4.78 is 1.55. The minimum atomic E-state index is 0.0712. The molecule has 1 fully saturated rings. The Kier molecular flexibility index (Phi) is 2.75. The SMILES string of the molecule is O=C(CCNc1cncc2nnnn12)NC1CC1. The number of anilines is 1. The van der Waals surface area contributed by atoms with E-state index in [4.69, 9.17) is 0 Å². The van der Waals surface area contributed by atoms with Gasteiger partial charge in [0.25, 0.3) is 0 Å². The van der Waals surface area contributed by atoms with Gasteiger partial charge < -0.3 is 10.6 Å². The molecule has 8 nitrogen and oxygen atoms in total. The lowest BCUT2D eigenvalue weighted by atomic mass is 10.4. The molecule has 3 rings (SSSR count). The quantitative estimate of drug-likeness (QED) is 0.746. The van der Waals surface area contributed by atoms with Gasteiger partial charge in [0.05, 0.1) is 12.4 Å². The number of nitrogens with zero attached hydrogens (tertiary/aromatic N) is 5. The molecule has 94 valence electrons. The Hall–Kier alpha value is -2.25. The Morgan fingerprint density at radius 2 is 2.33 bits per heavy atom. The Bertz CT molecular complexity index is 562. The van der Waals surface area contributed by atoms with Crippen molar-refractivity contribution in [1.82, 2.24) is 30.3 Å². The van der Waals surface area contributed by atoms with Crippen LogP contribution in [0.3, 0.4) is 0 Å². The molecular formula is C10H13N7O. The average Bonchev–Trinajstić information content (AvgIpc) is 3.04. The minimum absolute atomic E-state index is 0.0712. The second-order valence-corrected chi connectivity index (χ2v) is 4.26. The zero-order valence-electron chi connectivity index (χ0n) is 9.70.